The molecule has 0 unspecified atom stereocenters. The summed E-state index contributed by atoms with van der Waals surface area (Å²) in [5.41, 5.74) is -0.297. The summed E-state index contributed by atoms with van der Waals surface area (Å²) < 4.78 is 5.29. The number of ether oxygens (including phenoxy) is 1. The Morgan fingerprint density at radius 2 is 2.50 bits per heavy atom. The van der Waals surface area contributed by atoms with Gasteiger partial charge in [-0.3, -0.25) is 0 Å². The van der Waals surface area contributed by atoms with Crippen LogP contribution in [0.2, 0.25) is 0 Å². The smallest absolute Gasteiger partial charge is 0.118 e. The Bertz CT molecular complexity index is 142. The molecule has 0 aromatic carbocycles. The van der Waals surface area contributed by atoms with Gasteiger partial charge in [0, 0.05) is 0 Å². The summed E-state index contributed by atoms with van der Waals surface area (Å²) in [5, 5.41) is 9.19. The Morgan fingerprint density at radius 3 is 2.80 bits per heavy atom. The first-order valence-corrected chi connectivity index (χ1v) is 3.58. The Hall–Kier alpha value is -0.340. The maximum absolute atomic E-state index is 9.19. The van der Waals surface area contributed by atoms with Crippen LogP contribution in [0, 0.1) is 0 Å². The molecule has 2 heteroatoms. The molecular formula is C8H14O2. The monoisotopic (exact) mass is 142 g/mol. The van der Waals surface area contributed by atoms with Gasteiger partial charge in [-0.15, -0.1) is 6.58 Å². The molecule has 0 amide bonds. The van der Waals surface area contributed by atoms with Crippen LogP contribution in [0.3, 0.4) is 0 Å². The third-order valence-corrected chi connectivity index (χ3v) is 2.19. The van der Waals surface area contributed by atoms with E-state index in [1.807, 2.05) is 13.0 Å². The first kappa shape index (κ1) is 7.76. The highest BCUT2D eigenvalue weighted by Crippen LogP contribution is 2.41. The van der Waals surface area contributed by atoms with Crippen molar-refractivity contribution in [3.63, 3.8) is 0 Å². The van der Waals surface area contributed by atoms with Gasteiger partial charge in [0.2, 0.25) is 0 Å². The number of aliphatic hydroxyl groups is 1. The van der Waals surface area contributed by atoms with Crippen LogP contribution in [-0.2, 0) is 4.74 Å². The molecule has 1 fully saturated rings. The van der Waals surface area contributed by atoms with Crippen molar-refractivity contribution in [2.45, 2.75) is 38.1 Å². The first-order chi connectivity index (χ1) is 4.61. The summed E-state index contributed by atoms with van der Waals surface area (Å²) in [6.07, 6.45) is 2.46. The zero-order chi connectivity index (χ0) is 7.78. The lowest BCUT2D eigenvalue weighted by atomic mass is 10.0. The molecule has 1 N–H and O–H groups in total. The highest BCUT2D eigenvalue weighted by atomic mass is 16.6. The SMILES string of the molecule is C=CC[C@H]1O[C@@]1(C)[C@H](C)O. The molecule has 0 aromatic heterocycles. The molecule has 1 rings (SSSR count). The maximum atomic E-state index is 9.19. The second kappa shape index (κ2) is 2.36. The van der Waals surface area contributed by atoms with Gasteiger partial charge in [0.25, 0.3) is 0 Å². The minimum absolute atomic E-state index is 0.185. The Morgan fingerprint density at radius 1 is 1.90 bits per heavy atom. The van der Waals surface area contributed by atoms with E-state index in [4.69, 9.17) is 4.74 Å². The van der Waals surface area contributed by atoms with Gasteiger partial charge in [-0.2, -0.15) is 0 Å². The highest BCUT2D eigenvalue weighted by molar-refractivity contribution is 5.05. The molecule has 0 aromatic rings. The predicted octanol–water partition coefficient (Wildman–Crippen LogP) is 1.10. The molecule has 2 nitrogen and oxygen atoms in total. The largest absolute Gasteiger partial charge is 0.390 e. The van der Waals surface area contributed by atoms with Crippen LogP contribution in [0.25, 0.3) is 0 Å². The van der Waals surface area contributed by atoms with Crippen LogP contribution >= 0.6 is 0 Å². The Balaban J connectivity index is 2.40. The average molecular weight is 142 g/mol. The van der Waals surface area contributed by atoms with Crippen molar-refractivity contribution >= 4 is 0 Å². The molecule has 3 atom stereocenters. The van der Waals surface area contributed by atoms with Gasteiger partial charge in [-0.25, -0.2) is 0 Å². The van der Waals surface area contributed by atoms with Gasteiger partial charge in [0.05, 0.1) is 12.2 Å². The summed E-state index contributed by atoms with van der Waals surface area (Å²) >= 11 is 0. The standard InChI is InChI=1S/C8H14O2/c1-4-5-7-8(3,10-7)6(2)9/h4,6-7,9H,1,5H2,2-3H3/t6-,7+,8-/m0/s1. The van der Waals surface area contributed by atoms with Crippen molar-refractivity contribution in [3.05, 3.63) is 12.7 Å². The topological polar surface area (TPSA) is 32.8 Å². The first-order valence-electron chi connectivity index (χ1n) is 3.58. The van der Waals surface area contributed by atoms with E-state index in [0.29, 0.717) is 0 Å². The summed E-state index contributed by atoms with van der Waals surface area (Å²) in [6, 6.07) is 0. The molecule has 0 aliphatic carbocycles. The van der Waals surface area contributed by atoms with E-state index in [0.717, 1.165) is 6.42 Å². The van der Waals surface area contributed by atoms with Crippen molar-refractivity contribution in [2.24, 2.45) is 0 Å². The number of hydrogen-bond acceptors (Lipinski definition) is 2. The quantitative estimate of drug-likeness (QED) is 0.473. The average Bonchev–Trinajstić information content (AvgIpc) is 2.45. The van der Waals surface area contributed by atoms with Crippen LogP contribution in [0.1, 0.15) is 20.3 Å². The van der Waals surface area contributed by atoms with Gasteiger partial charge in [0.15, 0.2) is 0 Å². The van der Waals surface area contributed by atoms with Crippen LogP contribution < -0.4 is 0 Å². The Labute approximate surface area is 61.5 Å². The second-order valence-corrected chi connectivity index (χ2v) is 2.99. The molecule has 1 aliphatic heterocycles. The molecule has 0 radical (unpaired) electrons. The lowest BCUT2D eigenvalue weighted by molar-refractivity contribution is 0.101. The molecule has 0 bridgehead atoms. The number of rotatable bonds is 3. The minimum Gasteiger partial charge on any atom is -0.390 e. The minimum atomic E-state index is -0.377. The van der Waals surface area contributed by atoms with Gasteiger partial charge in [-0.05, 0) is 20.3 Å². The molecule has 1 aliphatic rings. The zero-order valence-electron chi connectivity index (χ0n) is 6.50. The number of aliphatic hydroxyl groups excluding tert-OH is 1. The lowest BCUT2D eigenvalue weighted by Crippen LogP contribution is -2.25. The lowest BCUT2D eigenvalue weighted by Gasteiger charge is -2.07. The van der Waals surface area contributed by atoms with Crippen molar-refractivity contribution < 1.29 is 9.84 Å². The third kappa shape index (κ3) is 1.09. The molecule has 1 heterocycles. The van der Waals surface area contributed by atoms with E-state index in [-0.39, 0.29) is 17.8 Å². The van der Waals surface area contributed by atoms with E-state index in [2.05, 4.69) is 6.58 Å². The molecule has 58 valence electrons. The summed E-state index contributed by atoms with van der Waals surface area (Å²) in [6.45, 7) is 7.28. The van der Waals surface area contributed by atoms with E-state index >= 15 is 0 Å². The van der Waals surface area contributed by atoms with Gasteiger partial charge in [-0.1, -0.05) is 6.08 Å². The summed E-state index contributed by atoms with van der Waals surface area (Å²) in [4.78, 5) is 0. The van der Waals surface area contributed by atoms with Gasteiger partial charge >= 0.3 is 0 Å². The normalized spacial score (nSPS) is 40.9. The summed E-state index contributed by atoms with van der Waals surface area (Å²) in [5.74, 6) is 0. The van der Waals surface area contributed by atoms with Crippen molar-refractivity contribution in [3.8, 4) is 0 Å². The van der Waals surface area contributed by atoms with Crippen LogP contribution in [0.15, 0.2) is 12.7 Å². The van der Waals surface area contributed by atoms with E-state index in [1.54, 1.807) is 6.92 Å². The fourth-order valence-corrected chi connectivity index (χ4v) is 1.07. The zero-order valence-corrected chi connectivity index (χ0v) is 6.50. The van der Waals surface area contributed by atoms with E-state index in [1.165, 1.54) is 0 Å². The molecule has 1 saturated heterocycles. The van der Waals surface area contributed by atoms with Crippen molar-refractivity contribution in [2.75, 3.05) is 0 Å². The van der Waals surface area contributed by atoms with Gasteiger partial charge < -0.3 is 9.84 Å². The van der Waals surface area contributed by atoms with Crippen LogP contribution in [-0.4, -0.2) is 22.9 Å². The fraction of sp³-hybridized carbons (Fsp3) is 0.750. The number of epoxide rings is 1. The van der Waals surface area contributed by atoms with Crippen LogP contribution in [0.4, 0.5) is 0 Å². The second-order valence-electron chi connectivity index (χ2n) is 2.99. The summed E-state index contributed by atoms with van der Waals surface area (Å²) in [7, 11) is 0. The Kier molecular flexibility index (Phi) is 1.84. The predicted molar refractivity (Wildman–Crippen MR) is 39.8 cm³/mol. The van der Waals surface area contributed by atoms with Gasteiger partial charge in [0.1, 0.15) is 5.60 Å². The third-order valence-electron chi connectivity index (χ3n) is 2.19. The van der Waals surface area contributed by atoms with Crippen LogP contribution in [0.5, 0.6) is 0 Å². The van der Waals surface area contributed by atoms with Crippen molar-refractivity contribution in [1.29, 1.82) is 0 Å². The molecule has 10 heavy (non-hydrogen) atoms. The fourth-order valence-electron chi connectivity index (χ4n) is 1.07. The molecular weight excluding hydrogens is 128 g/mol. The molecule has 0 saturated carbocycles. The highest BCUT2D eigenvalue weighted by Gasteiger charge is 2.54. The van der Waals surface area contributed by atoms with E-state index < -0.39 is 0 Å². The van der Waals surface area contributed by atoms with Crippen molar-refractivity contribution in [1.82, 2.24) is 0 Å². The molecule has 0 spiro atoms. The maximum Gasteiger partial charge on any atom is 0.118 e. The number of hydrogen-bond donors (Lipinski definition) is 1. The van der Waals surface area contributed by atoms with E-state index in [9.17, 15) is 5.11 Å².